The lowest BCUT2D eigenvalue weighted by molar-refractivity contribution is 0.0528. The molecule has 0 radical (unpaired) electrons. The van der Waals surface area contributed by atoms with Gasteiger partial charge < -0.3 is 33.8 Å². The average molecular weight is 501 g/mol. The Balaban J connectivity index is 1.38. The number of aromatic nitrogens is 4. The van der Waals surface area contributed by atoms with Gasteiger partial charge in [-0.05, 0) is 48.5 Å². The molecule has 0 unspecified atom stereocenters. The van der Waals surface area contributed by atoms with Gasteiger partial charge in [0.2, 0.25) is 5.65 Å². The Hall–Kier alpha value is -4.02. The molecule has 0 aliphatic carbocycles. The van der Waals surface area contributed by atoms with Crippen LogP contribution in [-0.2, 0) is 9.30 Å². The largest absolute Gasteiger partial charge is 0.497 e. The van der Waals surface area contributed by atoms with Crippen LogP contribution in [0.15, 0.2) is 61.2 Å². The van der Waals surface area contributed by atoms with Crippen molar-refractivity contribution in [3.05, 3.63) is 61.2 Å². The minimum absolute atomic E-state index is 0.0855. The molecule has 2 aromatic carbocycles. The van der Waals surface area contributed by atoms with Gasteiger partial charge in [-0.1, -0.05) is 0 Å². The normalized spacial score (nSPS) is 11.3. The van der Waals surface area contributed by atoms with E-state index in [0.717, 1.165) is 0 Å². The van der Waals surface area contributed by atoms with Crippen LogP contribution in [0, 0.1) is 0 Å². The van der Waals surface area contributed by atoms with Crippen molar-refractivity contribution in [2.24, 2.45) is 0 Å². The molecule has 0 bridgehead atoms. The zero-order valence-electron chi connectivity index (χ0n) is 19.1. The Morgan fingerprint density at radius 1 is 0.829 bits per heavy atom. The van der Waals surface area contributed by atoms with E-state index in [-0.39, 0.29) is 25.4 Å². The van der Waals surface area contributed by atoms with Gasteiger partial charge >= 0.3 is 7.60 Å². The molecule has 2 heterocycles. The van der Waals surface area contributed by atoms with Crippen LogP contribution in [0.3, 0.4) is 0 Å². The number of nitrogens with zero attached hydrogens (tertiary/aromatic N) is 4. The fourth-order valence-electron chi connectivity index (χ4n) is 2.96. The van der Waals surface area contributed by atoms with E-state index in [0.29, 0.717) is 34.2 Å². The SMILES string of the molecule is COc1ccc(OP(=O)(COCCOn2cnc3c(N)ncnc32)Oc2ccc(OC)cc2)cc1. The van der Waals surface area contributed by atoms with E-state index in [4.69, 9.17) is 33.8 Å². The predicted octanol–water partition coefficient (Wildman–Crippen LogP) is 3.18. The van der Waals surface area contributed by atoms with Gasteiger partial charge in [-0.25, -0.2) is 19.5 Å². The van der Waals surface area contributed by atoms with Crippen LogP contribution in [-0.4, -0.2) is 53.5 Å². The van der Waals surface area contributed by atoms with E-state index >= 15 is 0 Å². The molecule has 0 aliphatic heterocycles. The van der Waals surface area contributed by atoms with Gasteiger partial charge in [-0.15, -0.1) is 0 Å². The topological polar surface area (TPSA) is 142 Å². The van der Waals surface area contributed by atoms with Gasteiger partial charge in [0.25, 0.3) is 0 Å². The van der Waals surface area contributed by atoms with Crippen LogP contribution in [0.1, 0.15) is 0 Å². The third-order valence-electron chi connectivity index (χ3n) is 4.65. The maximum atomic E-state index is 13.5. The number of imidazole rings is 1. The number of methoxy groups -OCH3 is 2. The number of rotatable bonds is 12. The lowest BCUT2D eigenvalue weighted by atomic mass is 10.3. The molecule has 2 aromatic heterocycles. The molecular weight excluding hydrogens is 477 g/mol. The molecule has 12 nitrogen and oxygen atoms in total. The highest BCUT2D eigenvalue weighted by Gasteiger charge is 2.29. The van der Waals surface area contributed by atoms with Crippen molar-refractivity contribution in [2.75, 3.05) is 39.5 Å². The molecule has 0 saturated carbocycles. The molecule has 0 atom stereocenters. The second-order valence-corrected chi connectivity index (χ2v) is 8.86. The fraction of sp³-hybridized carbons (Fsp3) is 0.227. The number of benzene rings is 2. The van der Waals surface area contributed by atoms with Gasteiger partial charge in [-0.2, -0.15) is 4.73 Å². The Morgan fingerprint density at radius 2 is 1.40 bits per heavy atom. The number of ether oxygens (including phenoxy) is 3. The molecule has 4 aromatic rings. The minimum Gasteiger partial charge on any atom is -0.497 e. The van der Waals surface area contributed by atoms with Gasteiger partial charge in [0, 0.05) is 0 Å². The van der Waals surface area contributed by atoms with Gasteiger partial charge in [0.15, 0.2) is 17.7 Å². The first-order valence-electron chi connectivity index (χ1n) is 10.4. The predicted molar refractivity (Wildman–Crippen MR) is 127 cm³/mol. The standard InChI is InChI=1S/C22H24N5O7P/c1-29-16-3-7-18(8-4-16)33-35(28,34-19-9-5-17(30-2)6-10-19)15-31-11-12-32-27-14-26-20-21(23)24-13-25-22(20)27/h3-10,13-14H,11-12,15H2,1-2H3,(H2,23,24,25). The molecule has 35 heavy (non-hydrogen) atoms. The number of hydrogen-bond donors (Lipinski definition) is 1. The maximum Gasteiger partial charge on any atom is 0.456 e. The third-order valence-corrected chi connectivity index (χ3v) is 6.12. The molecule has 0 fully saturated rings. The second-order valence-electron chi connectivity index (χ2n) is 7.02. The molecule has 0 aliphatic rings. The van der Waals surface area contributed by atoms with E-state index in [9.17, 15) is 4.57 Å². The van der Waals surface area contributed by atoms with Gasteiger partial charge in [0.1, 0.15) is 42.3 Å². The van der Waals surface area contributed by atoms with E-state index < -0.39 is 7.60 Å². The third kappa shape index (κ3) is 6.11. The molecule has 0 saturated heterocycles. The van der Waals surface area contributed by atoms with Crippen LogP contribution < -0.4 is 29.1 Å². The molecule has 13 heteroatoms. The van der Waals surface area contributed by atoms with E-state index in [2.05, 4.69) is 15.0 Å². The zero-order chi connectivity index (χ0) is 24.7. The summed E-state index contributed by atoms with van der Waals surface area (Å²) in [5, 5.41) is 0. The summed E-state index contributed by atoms with van der Waals surface area (Å²) in [4.78, 5) is 17.7. The van der Waals surface area contributed by atoms with Crippen LogP contribution >= 0.6 is 7.60 Å². The Bertz CT molecular complexity index is 1240. The summed E-state index contributed by atoms with van der Waals surface area (Å²) < 4.78 is 42.2. The van der Waals surface area contributed by atoms with Gasteiger partial charge in [-0.3, -0.25) is 0 Å². The number of hydrogen-bond acceptors (Lipinski definition) is 11. The summed E-state index contributed by atoms with van der Waals surface area (Å²) in [6.45, 7) is 0.197. The van der Waals surface area contributed by atoms with Crippen molar-refractivity contribution in [1.82, 2.24) is 19.7 Å². The lowest BCUT2D eigenvalue weighted by Crippen LogP contribution is -2.18. The molecule has 4 rings (SSSR count). The van der Waals surface area contributed by atoms with Crippen molar-refractivity contribution in [2.45, 2.75) is 0 Å². The lowest BCUT2D eigenvalue weighted by Gasteiger charge is -2.20. The Morgan fingerprint density at radius 3 is 1.97 bits per heavy atom. The molecular formula is C22H24N5O7P. The fourth-order valence-corrected chi connectivity index (χ4v) is 4.34. The highest BCUT2D eigenvalue weighted by atomic mass is 31.2. The van der Waals surface area contributed by atoms with E-state index in [1.54, 1.807) is 62.8 Å². The Labute approximate surface area is 201 Å². The van der Waals surface area contributed by atoms with Crippen LogP contribution in [0.25, 0.3) is 11.2 Å². The van der Waals surface area contributed by atoms with Crippen molar-refractivity contribution in [1.29, 1.82) is 0 Å². The van der Waals surface area contributed by atoms with Crippen molar-refractivity contribution < 1.29 is 32.7 Å². The summed E-state index contributed by atoms with van der Waals surface area (Å²) in [5.41, 5.74) is 6.63. The van der Waals surface area contributed by atoms with Crippen LogP contribution in [0.2, 0.25) is 0 Å². The molecule has 184 valence electrons. The highest BCUT2D eigenvalue weighted by molar-refractivity contribution is 7.54. The van der Waals surface area contributed by atoms with E-state index in [1.165, 1.54) is 17.4 Å². The number of anilines is 1. The Kier molecular flexibility index (Phi) is 7.54. The van der Waals surface area contributed by atoms with E-state index in [1.807, 2.05) is 0 Å². The number of fused-ring (bicyclic) bond motifs is 1. The summed E-state index contributed by atoms with van der Waals surface area (Å²) in [6.07, 6.45) is 2.42. The highest BCUT2D eigenvalue weighted by Crippen LogP contribution is 2.48. The van der Waals surface area contributed by atoms with Gasteiger partial charge in [0.05, 0.1) is 20.8 Å². The summed E-state index contributed by atoms with van der Waals surface area (Å²) in [5.74, 6) is 2.20. The monoisotopic (exact) mass is 501 g/mol. The van der Waals surface area contributed by atoms with Crippen molar-refractivity contribution >= 4 is 24.6 Å². The molecule has 2 N–H and O–H groups in total. The number of nitrogen functional groups attached to an aromatic ring is 1. The zero-order valence-corrected chi connectivity index (χ0v) is 20.0. The maximum absolute atomic E-state index is 13.5. The minimum atomic E-state index is -3.77. The second kappa shape index (κ2) is 10.9. The summed E-state index contributed by atoms with van der Waals surface area (Å²) in [7, 11) is -0.665. The number of nitrogens with two attached hydrogens (primary N) is 1. The first-order valence-corrected chi connectivity index (χ1v) is 12.1. The average Bonchev–Trinajstić information content (AvgIpc) is 3.29. The van der Waals surface area contributed by atoms with Crippen molar-refractivity contribution in [3.63, 3.8) is 0 Å². The van der Waals surface area contributed by atoms with Crippen LogP contribution in [0.4, 0.5) is 5.82 Å². The summed E-state index contributed by atoms with van der Waals surface area (Å²) >= 11 is 0. The molecule has 0 spiro atoms. The first-order chi connectivity index (χ1) is 17.0. The smallest absolute Gasteiger partial charge is 0.456 e. The first kappa shape index (κ1) is 24.1. The van der Waals surface area contributed by atoms with Crippen molar-refractivity contribution in [3.8, 4) is 23.0 Å². The molecule has 0 amide bonds. The summed E-state index contributed by atoms with van der Waals surface area (Å²) in [6, 6.07) is 13.3. The van der Waals surface area contributed by atoms with Crippen LogP contribution in [0.5, 0.6) is 23.0 Å². The quantitative estimate of drug-likeness (QED) is 0.226.